The van der Waals surface area contributed by atoms with Gasteiger partial charge in [-0.25, -0.2) is 4.98 Å². The third kappa shape index (κ3) is 6.48. The highest BCUT2D eigenvalue weighted by Gasteiger charge is 2.21. The minimum absolute atomic E-state index is 0. The number of rotatable bonds is 11. The Morgan fingerprint density at radius 3 is 2.19 bits per heavy atom. The van der Waals surface area contributed by atoms with E-state index in [9.17, 15) is 4.79 Å². The number of halogens is 1. The normalized spacial score (nSPS) is 10.7. The monoisotopic (exact) mass is 479 g/mol. The standard InChI is InChI=1S/C23H29N3O4S.ClH/c1-5-25(6-2)13-14-26(22(27)16-30-18-9-7-17(28-3)8-10-18)23-24-20-12-11-19(29-4)15-21(20)31-23;/h7-12,15H,5-6,13-14,16H2,1-4H3;1H. The predicted octanol–water partition coefficient (Wildman–Crippen LogP) is 4.49. The van der Waals surface area contributed by atoms with E-state index in [0.29, 0.717) is 17.4 Å². The van der Waals surface area contributed by atoms with Crippen molar-refractivity contribution < 1.29 is 19.0 Å². The van der Waals surface area contributed by atoms with E-state index in [1.54, 1.807) is 43.4 Å². The number of hydrogen-bond donors (Lipinski definition) is 0. The Labute approximate surface area is 199 Å². The number of carbonyl (C=O) groups excluding carboxylic acids is 1. The summed E-state index contributed by atoms with van der Waals surface area (Å²) < 4.78 is 17.2. The molecule has 2 aromatic carbocycles. The van der Waals surface area contributed by atoms with Crippen molar-refractivity contribution in [3.63, 3.8) is 0 Å². The van der Waals surface area contributed by atoms with Crippen LogP contribution in [0.1, 0.15) is 13.8 Å². The van der Waals surface area contributed by atoms with Gasteiger partial charge in [-0.15, -0.1) is 12.4 Å². The highest BCUT2D eigenvalue weighted by Crippen LogP contribution is 2.31. The molecule has 3 rings (SSSR count). The SMILES string of the molecule is CCN(CC)CCN(C(=O)COc1ccc(OC)cc1)c1nc2ccc(OC)cc2s1.Cl. The fourth-order valence-electron chi connectivity index (χ4n) is 3.14. The number of aromatic nitrogens is 1. The highest BCUT2D eigenvalue weighted by molar-refractivity contribution is 7.22. The lowest BCUT2D eigenvalue weighted by atomic mass is 10.3. The molecule has 0 bridgehead atoms. The quantitative estimate of drug-likeness (QED) is 0.404. The Kier molecular flexibility index (Phi) is 10.0. The van der Waals surface area contributed by atoms with Gasteiger partial charge in [0.2, 0.25) is 0 Å². The number of ether oxygens (including phenoxy) is 3. The van der Waals surface area contributed by atoms with Gasteiger partial charge in [0.05, 0.1) is 24.4 Å². The van der Waals surface area contributed by atoms with Crippen LogP contribution in [0.3, 0.4) is 0 Å². The molecule has 174 valence electrons. The Bertz CT molecular complexity index is 993. The summed E-state index contributed by atoms with van der Waals surface area (Å²) in [6.45, 7) is 7.34. The molecule has 0 spiro atoms. The van der Waals surface area contributed by atoms with E-state index in [4.69, 9.17) is 19.2 Å². The predicted molar refractivity (Wildman–Crippen MR) is 132 cm³/mol. The fraction of sp³-hybridized carbons (Fsp3) is 0.391. The molecule has 0 fully saturated rings. The number of benzene rings is 2. The number of likely N-dealkylation sites (N-methyl/N-ethyl adjacent to an activating group) is 1. The number of nitrogens with zero attached hydrogens (tertiary/aromatic N) is 3. The maximum absolute atomic E-state index is 13.1. The van der Waals surface area contributed by atoms with Crippen molar-refractivity contribution in [2.45, 2.75) is 13.8 Å². The van der Waals surface area contributed by atoms with E-state index >= 15 is 0 Å². The largest absolute Gasteiger partial charge is 0.497 e. The summed E-state index contributed by atoms with van der Waals surface area (Å²) in [6, 6.07) is 12.9. The van der Waals surface area contributed by atoms with Crippen LogP contribution in [-0.4, -0.2) is 62.8 Å². The van der Waals surface area contributed by atoms with Gasteiger partial charge in [0.1, 0.15) is 17.2 Å². The minimum Gasteiger partial charge on any atom is -0.497 e. The molecule has 0 atom stereocenters. The first kappa shape index (κ1) is 25.7. The number of methoxy groups -OCH3 is 2. The molecule has 0 saturated carbocycles. The summed E-state index contributed by atoms with van der Waals surface area (Å²) in [5.74, 6) is 2.00. The Hall–Kier alpha value is -2.55. The highest BCUT2D eigenvalue weighted by atomic mass is 35.5. The molecule has 9 heteroatoms. The summed E-state index contributed by atoms with van der Waals surface area (Å²) in [5, 5.41) is 0.666. The summed E-state index contributed by atoms with van der Waals surface area (Å²) in [4.78, 5) is 21.8. The van der Waals surface area contributed by atoms with E-state index < -0.39 is 0 Å². The minimum atomic E-state index is -0.131. The molecule has 0 N–H and O–H groups in total. The maximum atomic E-state index is 13.1. The van der Waals surface area contributed by atoms with Crippen molar-refractivity contribution in [2.24, 2.45) is 0 Å². The molecule has 3 aromatic rings. The molecule has 0 aliphatic carbocycles. The van der Waals surface area contributed by atoms with E-state index in [1.165, 1.54) is 11.3 Å². The Morgan fingerprint density at radius 1 is 0.938 bits per heavy atom. The molecule has 7 nitrogen and oxygen atoms in total. The summed E-state index contributed by atoms with van der Waals surface area (Å²) >= 11 is 1.48. The number of fused-ring (bicyclic) bond motifs is 1. The van der Waals surface area contributed by atoms with Crippen LogP contribution in [0.25, 0.3) is 10.2 Å². The lowest BCUT2D eigenvalue weighted by Crippen LogP contribution is -2.41. The molecular weight excluding hydrogens is 450 g/mol. The first-order valence-corrected chi connectivity index (χ1v) is 11.1. The van der Waals surface area contributed by atoms with Crippen LogP contribution in [-0.2, 0) is 4.79 Å². The van der Waals surface area contributed by atoms with E-state index in [1.807, 2.05) is 18.2 Å². The molecule has 0 unspecified atom stereocenters. The van der Waals surface area contributed by atoms with Crippen molar-refractivity contribution in [1.29, 1.82) is 0 Å². The topological polar surface area (TPSA) is 64.1 Å². The second-order valence-electron chi connectivity index (χ2n) is 6.87. The third-order valence-electron chi connectivity index (χ3n) is 5.07. The number of carbonyl (C=O) groups is 1. The molecule has 0 saturated heterocycles. The van der Waals surface area contributed by atoms with E-state index in [0.717, 1.165) is 41.3 Å². The van der Waals surface area contributed by atoms with Crippen LogP contribution in [0.5, 0.6) is 17.2 Å². The molecule has 1 amide bonds. The van der Waals surface area contributed by atoms with Crippen LogP contribution in [0, 0.1) is 0 Å². The number of amides is 1. The van der Waals surface area contributed by atoms with Gasteiger partial charge in [0.15, 0.2) is 11.7 Å². The van der Waals surface area contributed by atoms with Crippen LogP contribution < -0.4 is 19.1 Å². The molecule has 1 aromatic heterocycles. The van der Waals surface area contributed by atoms with Crippen molar-refractivity contribution >= 4 is 45.0 Å². The van der Waals surface area contributed by atoms with Gasteiger partial charge in [-0.3, -0.25) is 9.69 Å². The molecule has 0 aliphatic heterocycles. The molecular formula is C23H30ClN3O4S. The number of hydrogen-bond acceptors (Lipinski definition) is 7. The molecule has 0 aliphatic rings. The summed E-state index contributed by atoms with van der Waals surface area (Å²) in [6.07, 6.45) is 0. The van der Waals surface area contributed by atoms with Crippen molar-refractivity contribution in [3.8, 4) is 17.2 Å². The van der Waals surface area contributed by atoms with Gasteiger partial charge in [0, 0.05) is 13.1 Å². The maximum Gasteiger partial charge on any atom is 0.266 e. The van der Waals surface area contributed by atoms with Crippen LogP contribution in [0.15, 0.2) is 42.5 Å². The van der Waals surface area contributed by atoms with Gasteiger partial charge >= 0.3 is 0 Å². The summed E-state index contributed by atoms with van der Waals surface area (Å²) in [7, 11) is 3.25. The molecule has 32 heavy (non-hydrogen) atoms. The average molecular weight is 480 g/mol. The number of anilines is 1. The van der Waals surface area contributed by atoms with Gasteiger partial charge in [-0.05, 0) is 55.6 Å². The van der Waals surface area contributed by atoms with Gasteiger partial charge in [-0.1, -0.05) is 25.2 Å². The first-order valence-electron chi connectivity index (χ1n) is 10.3. The van der Waals surface area contributed by atoms with Crippen molar-refractivity contribution in [3.05, 3.63) is 42.5 Å². The zero-order chi connectivity index (χ0) is 22.2. The summed E-state index contributed by atoms with van der Waals surface area (Å²) in [5.41, 5.74) is 0.845. The second-order valence-corrected chi connectivity index (χ2v) is 7.88. The van der Waals surface area contributed by atoms with Crippen molar-refractivity contribution in [1.82, 2.24) is 9.88 Å². The van der Waals surface area contributed by atoms with Crippen LogP contribution in [0.4, 0.5) is 5.13 Å². The molecule has 0 radical (unpaired) electrons. The third-order valence-corrected chi connectivity index (χ3v) is 6.11. The van der Waals surface area contributed by atoms with Crippen LogP contribution in [0.2, 0.25) is 0 Å². The van der Waals surface area contributed by atoms with Crippen LogP contribution >= 0.6 is 23.7 Å². The average Bonchev–Trinajstić information content (AvgIpc) is 3.23. The second kappa shape index (κ2) is 12.5. The van der Waals surface area contributed by atoms with Crippen molar-refractivity contribution in [2.75, 3.05) is 51.9 Å². The first-order chi connectivity index (χ1) is 15.1. The smallest absolute Gasteiger partial charge is 0.266 e. The van der Waals surface area contributed by atoms with E-state index in [2.05, 4.69) is 18.7 Å². The fourth-order valence-corrected chi connectivity index (χ4v) is 4.18. The van der Waals surface area contributed by atoms with E-state index in [-0.39, 0.29) is 24.9 Å². The lowest BCUT2D eigenvalue weighted by Gasteiger charge is -2.24. The van der Waals surface area contributed by atoms with Gasteiger partial charge < -0.3 is 19.1 Å². The molecule has 1 heterocycles. The zero-order valence-electron chi connectivity index (χ0n) is 18.9. The Morgan fingerprint density at radius 2 is 1.56 bits per heavy atom. The van der Waals surface area contributed by atoms with Gasteiger partial charge in [0.25, 0.3) is 5.91 Å². The zero-order valence-corrected chi connectivity index (χ0v) is 20.5. The number of thiazole rings is 1. The lowest BCUT2D eigenvalue weighted by molar-refractivity contribution is -0.120. The van der Waals surface area contributed by atoms with Gasteiger partial charge in [-0.2, -0.15) is 0 Å². The Balaban J connectivity index is 0.00000363.